The maximum Gasteiger partial charge on any atom is 0.325 e. The fourth-order valence-corrected chi connectivity index (χ4v) is 3.96. The van der Waals surface area contributed by atoms with Crippen LogP contribution in [0, 0.1) is 0 Å². The van der Waals surface area contributed by atoms with Crippen molar-refractivity contribution in [2.45, 2.75) is 18.2 Å². The minimum Gasteiger partial charge on any atom is -0.468 e. The van der Waals surface area contributed by atoms with Crippen molar-refractivity contribution in [1.82, 2.24) is 14.5 Å². The summed E-state index contributed by atoms with van der Waals surface area (Å²) in [5, 5.41) is 2.14. The fourth-order valence-electron chi connectivity index (χ4n) is 2.41. The van der Waals surface area contributed by atoms with Crippen LogP contribution >= 0.6 is 0 Å². The zero-order valence-electron chi connectivity index (χ0n) is 11.3. The van der Waals surface area contributed by atoms with Gasteiger partial charge >= 0.3 is 5.97 Å². The van der Waals surface area contributed by atoms with Gasteiger partial charge < -0.3 is 10.1 Å². The Bertz CT molecular complexity index is 427. The van der Waals surface area contributed by atoms with Crippen molar-refractivity contribution in [2.24, 2.45) is 0 Å². The van der Waals surface area contributed by atoms with Crippen LogP contribution in [-0.2, 0) is 19.6 Å². The highest BCUT2D eigenvalue weighted by atomic mass is 32.2. The molecular weight excluding hydrogens is 270 g/mol. The molecule has 2 saturated heterocycles. The number of sulfonamides is 1. The van der Waals surface area contributed by atoms with E-state index in [0.29, 0.717) is 13.1 Å². The van der Waals surface area contributed by atoms with E-state index in [-0.39, 0.29) is 6.04 Å². The lowest BCUT2D eigenvalue weighted by Crippen LogP contribution is -2.65. The highest BCUT2D eigenvalue weighted by molar-refractivity contribution is 7.90. The number of carbonyl (C=O) groups is 1. The van der Waals surface area contributed by atoms with E-state index < -0.39 is 21.2 Å². The van der Waals surface area contributed by atoms with Crippen molar-refractivity contribution >= 4 is 16.0 Å². The Morgan fingerprint density at radius 1 is 1.32 bits per heavy atom. The summed E-state index contributed by atoms with van der Waals surface area (Å²) in [5.41, 5.74) is 0. The van der Waals surface area contributed by atoms with Gasteiger partial charge in [0.15, 0.2) is 5.25 Å². The summed E-state index contributed by atoms with van der Waals surface area (Å²) >= 11 is 0. The summed E-state index contributed by atoms with van der Waals surface area (Å²) < 4.78 is 30.1. The zero-order chi connectivity index (χ0) is 14.0. The smallest absolute Gasteiger partial charge is 0.325 e. The van der Waals surface area contributed by atoms with Gasteiger partial charge in [0.25, 0.3) is 0 Å². The van der Waals surface area contributed by atoms with Gasteiger partial charge in [0.1, 0.15) is 0 Å². The summed E-state index contributed by atoms with van der Waals surface area (Å²) in [6.07, 6.45) is 0. The Kier molecular flexibility index (Phi) is 4.44. The maximum absolute atomic E-state index is 12.1. The number of hydrogen-bond donors (Lipinski definition) is 1. The molecule has 2 aliphatic heterocycles. The summed E-state index contributed by atoms with van der Waals surface area (Å²) in [5.74, 6) is -0.703. The van der Waals surface area contributed by atoms with Gasteiger partial charge in [-0.05, 0) is 6.92 Å². The molecule has 0 saturated carbocycles. The lowest BCUT2D eigenvalue weighted by molar-refractivity contribution is -0.139. The van der Waals surface area contributed by atoms with Gasteiger partial charge in [0.2, 0.25) is 10.0 Å². The van der Waals surface area contributed by atoms with Crippen LogP contribution in [-0.4, -0.2) is 81.3 Å². The Hall–Kier alpha value is -0.700. The molecule has 0 aromatic rings. The van der Waals surface area contributed by atoms with E-state index in [0.717, 1.165) is 26.2 Å². The number of nitrogens with one attached hydrogen (secondary N) is 1. The number of ether oxygens (including phenoxy) is 1. The van der Waals surface area contributed by atoms with Crippen molar-refractivity contribution in [3.05, 3.63) is 0 Å². The molecule has 0 spiro atoms. The minimum atomic E-state index is -3.57. The largest absolute Gasteiger partial charge is 0.468 e. The van der Waals surface area contributed by atoms with Crippen molar-refractivity contribution < 1.29 is 17.9 Å². The predicted octanol–water partition coefficient (Wildman–Crippen LogP) is -1.53. The van der Waals surface area contributed by atoms with Crippen LogP contribution < -0.4 is 5.32 Å². The fraction of sp³-hybridized carbons (Fsp3) is 0.909. The molecule has 0 aromatic carbocycles. The normalized spacial score (nSPS) is 24.7. The Morgan fingerprint density at radius 3 is 2.42 bits per heavy atom. The van der Waals surface area contributed by atoms with Crippen molar-refractivity contribution in [3.8, 4) is 0 Å². The number of hydrogen-bond acceptors (Lipinski definition) is 6. The molecule has 2 fully saturated rings. The average molecular weight is 291 g/mol. The first-order valence-corrected chi connectivity index (χ1v) is 7.98. The third kappa shape index (κ3) is 2.91. The Labute approximate surface area is 113 Å². The molecule has 2 heterocycles. The van der Waals surface area contributed by atoms with Crippen LogP contribution in [0.4, 0.5) is 0 Å². The van der Waals surface area contributed by atoms with Gasteiger partial charge in [0.05, 0.1) is 7.11 Å². The zero-order valence-corrected chi connectivity index (χ0v) is 12.1. The molecule has 19 heavy (non-hydrogen) atoms. The van der Waals surface area contributed by atoms with Crippen LogP contribution in [0.15, 0.2) is 0 Å². The first-order valence-electron chi connectivity index (χ1n) is 6.48. The summed E-state index contributed by atoms with van der Waals surface area (Å²) in [7, 11) is -2.37. The highest BCUT2D eigenvalue weighted by Crippen LogP contribution is 2.22. The van der Waals surface area contributed by atoms with Gasteiger partial charge in [-0.1, -0.05) is 0 Å². The number of methoxy groups -OCH3 is 1. The van der Waals surface area contributed by atoms with Crippen LogP contribution in [0.2, 0.25) is 0 Å². The number of nitrogens with zero attached hydrogens (tertiary/aromatic N) is 2. The van der Waals surface area contributed by atoms with Crippen molar-refractivity contribution in [1.29, 1.82) is 0 Å². The molecule has 0 aliphatic carbocycles. The van der Waals surface area contributed by atoms with Gasteiger partial charge in [0, 0.05) is 45.3 Å². The molecule has 8 heteroatoms. The SMILES string of the molecule is COC(=O)C(C)S(=O)(=O)N1CC(N2CCNCC2)C1. The average Bonchev–Trinajstić information content (AvgIpc) is 2.36. The van der Waals surface area contributed by atoms with Gasteiger partial charge in [-0.15, -0.1) is 0 Å². The monoisotopic (exact) mass is 291 g/mol. The molecule has 2 aliphatic rings. The number of esters is 1. The van der Waals surface area contributed by atoms with Crippen LogP contribution in [0.3, 0.4) is 0 Å². The Morgan fingerprint density at radius 2 is 1.89 bits per heavy atom. The number of carbonyl (C=O) groups excluding carboxylic acids is 1. The summed E-state index contributed by atoms with van der Waals surface area (Å²) in [6, 6.07) is 0.279. The van der Waals surface area contributed by atoms with E-state index in [1.54, 1.807) is 0 Å². The maximum atomic E-state index is 12.1. The van der Waals surface area contributed by atoms with Gasteiger partial charge in [-0.2, -0.15) is 4.31 Å². The quantitative estimate of drug-likeness (QED) is 0.633. The summed E-state index contributed by atoms with van der Waals surface area (Å²) in [4.78, 5) is 13.6. The molecule has 110 valence electrons. The number of piperazine rings is 1. The van der Waals surface area contributed by atoms with Crippen molar-refractivity contribution in [2.75, 3.05) is 46.4 Å². The van der Waals surface area contributed by atoms with Gasteiger partial charge in [-0.3, -0.25) is 9.69 Å². The second-order valence-corrected chi connectivity index (χ2v) is 7.22. The molecule has 1 N–H and O–H groups in total. The molecular formula is C11H21N3O4S. The Balaban J connectivity index is 1.90. The predicted molar refractivity (Wildman–Crippen MR) is 70.2 cm³/mol. The van der Waals surface area contributed by atoms with Crippen LogP contribution in [0.25, 0.3) is 0 Å². The molecule has 7 nitrogen and oxygen atoms in total. The molecule has 0 aromatic heterocycles. The third-order valence-corrected chi connectivity index (χ3v) is 5.94. The molecule has 1 atom stereocenters. The molecule has 0 bridgehead atoms. The molecule has 2 rings (SSSR count). The first-order chi connectivity index (χ1) is 8.96. The number of rotatable bonds is 4. The molecule has 0 radical (unpaired) electrons. The van der Waals surface area contributed by atoms with E-state index in [1.165, 1.54) is 18.3 Å². The molecule has 1 unspecified atom stereocenters. The topological polar surface area (TPSA) is 79.0 Å². The second kappa shape index (κ2) is 5.74. The van der Waals surface area contributed by atoms with E-state index in [2.05, 4.69) is 15.0 Å². The third-order valence-electron chi connectivity index (χ3n) is 3.84. The van der Waals surface area contributed by atoms with Crippen LogP contribution in [0.1, 0.15) is 6.92 Å². The highest BCUT2D eigenvalue weighted by Gasteiger charge is 2.43. The van der Waals surface area contributed by atoms with E-state index in [1.807, 2.05) is 0 Å². The minimum absolute atomic E-state index is 0.279. The van der Waals surface area contributed by atoms with Crippen molar-refractivity contribution in [3.63, 3.8) is 0 Å². The first kappa shape index (κ1) is 14.7. The van der Waals surface area contributed by atoms with Gasteiger partial charge in [-0.25, -0.2) is 8.42 Å². The van der Waals surface area contributed by atoms with E-state index >= 15 is 0 Å². The second-order valence-electron chi connectivity index (χ2n) is 4.97. The lowest BCUT2D eigenvalue weighted by Gasteiger charge is -2.46. The molecule has 0 amide bonds. The van der Waals surface area contributed by atoms with E-state index in [4.69, 9.17) is 0 Å². The van der Waals surface area contributed by atoms with Crippen LogP contribution in [0.5, 0.6) is 0 Å². The standard InChI is InChI=1S/C11H21N3O4S/c1-9(11(15)18-2)19(16,17)14-7-10(8-14)13-5-3-12-4-6-13/h9-10,12H,3-8H2,1-2H3. The van der Waals surface area contributed by atoms with E-state index in [9.17, 15) is 13.2 Å². The summed E-state index contributed by atoms with van der Waals surface area (Å²) in [6.45, 7) is 6.12. The lowest BCUT2D eigenvalue weighted by atomic mass is 10.1.